The molecule has 1 atom stereocenters. The lowest BCUT2D eigenvalue weighted by atomic mass is 10.2. The second-order valence-electron chi connectivity index (χ2n) is 3.46. The third-order valence-electron chi connectivity index (χ3n) is 2.17. The molecule has 2 rings (SSSR count). The highest BCUT2D eigenvalue weighted by molar-refractivity contribution is 9.09. The summed E-state index contributed by atoms with van der Waals surface area (Å²) in [5, 5.41) is 0. The van der Waals surface area contributed by atoms with Crippen molar-refractivity contribution in [3.05, 3.63) is 30.2 Å². The molecule has 1 unspecified atom stereocenters. The van der Waals surface area contributed by atoms with Gasteiger partial charge >= 0.3 is 0 Å². The zero-order chi connectivity index (χ0) is 11.4. The third-order valence-corrected chi connectivity index (χ3v) is 2.76. The Morgan fingerprint density at radius 1 is 1.31 bits per heavy atom. The van der Waals surface area contributed by atoms with Crippen LogP contribution in [-0.2, 0) is 11.2 Å². The number of hydrogen-bond acceptors (Lipinski definition) is 4. The topological polar surface area (TPSA) is 47.9 Å². The Kier molecular flexibility index (Phi) is 3.79. The highest BCUT2D eigenvalue weighted by Crippen LogP contribution is 2.11. The molecule has 0 N–H and O–H groups in total. The van der Waals surface area contributed by atoms with E-state index in [-0.39, 0.29) is 4.83 Å². The Hall–Kier alpha value is -1.07. The summed E-state index contributed by atoms with van der Waals surface area (Å²) in [5.74, 6) is 0. The molecule has 84 valence electrons. The number of aromatic nitrogens is 3. The average Bonchev–Trinajstić information content (AvgIpc) is 2.29. The maximum Gasteiger partial charge on any atom is 0.178 e. The second-order valence-corrected chi connectivity index (χ2v) is 4.75. The lowest BCUT2D eigenvalue weighted by Gasteiger charge is -2.07. The number of ether oxygens (including phenoxy) is 1. The number of pyridine rings is 1. The van der Waals surface area contributed by atoms with Gasteiger partial charge in [-0.25, -0.2) is 9.97 Å². The zero-order valence-electron chi connectivity index (χ0n) is 8.93. The Morgan fingerprint density at radius 2 is 2.12 bits per heavy atom. The van der Waals surface area contributed by atoms with E-state index in [1.807, 2.05) is 12.1 Å². The molecule has 0 saturated carbocycles. The first-order chi connectivity index (χ1) is 7.79. The molecule has 0 saturated heterocycles. The van der Waals surface area contributed by atoms with Crippen molar-refractivity contribution in [2.45, 2.75) is 11.2 Å². The fraction of sp³-hybridized carbons (Fsp3) is 0.364. The number of methoxy groups -OCH3 is 1. The van der Waals surface area contributed by atoms with Gasteiger partial charge in [0.25, 0.3) is 0 Å². The summed E-state index contributed by atoms with van der Waals surface area (Å²) in [6.45, 7) is 0.667. The minimum atomic E-state index is 0.277. The van der Waals surface area contributed by atoms with E-state index in [0.717, 1.165) is 17.6 Å². The fourth-order valence-corrected chi connectivity index (χ4v) is 2.07. The molecule has 2 aromatic rings. The highest BCUT2D eigenvalue weighted by atomic mass is 79.9. The smallest absolute Gasteiger partial charge is 0.178 e. The minimum Gasteiger partial charge on any atom is -0.384 e. The number of hydrogen-bond donors (Lipinski definition) is 0. The van der Waals surface area contributed by atoms with Crippen LogP contribution in [0.4, 0.5) is 0 Å². The van der Waals surface area contributed by atoms with Crippen LogP contribution in [0.3, 0.4) is 0 Å². The fourth-order valence-electron chi connectivity index (χ4n) is 1.47. The molecule has 2 aromatic heterocycles. The van der Waals surface area contributed by atoms with Crippen molar-refractivity contribution in [2.24, 2.45) is 0 Å². The summed E-state index contributed by atoms with van der Waals surface area (Å²) in [6.07, 6.45) is 4.14. The molecule has 2 heterocycles. The molecule has 0 fully saturated rings. The van der Waals surface area contributed by atoms with Crippen LogP contribution < -0.4 is 0 Å². The second kappa shape index (κ2) is 5.32. The summed E-state index contributed by atoms with van der Waals surface area (Å²) < 4.78 is 5.06. The predicted octanol–water partition coefficient (Wildman–Crippen LogP) is 1.98. The van der Waals surface area contributed by atoms with Gasteiger partial charge in [0.05, 0.1) is 6.61 Å². The van der Waals surface area contributed by atoms with Gasteiger partial charge in [0.15, 0.2) is 5.65 Å². The van der Waals surface area contributed by atoms with Crippen LogP contribution >= 0.6 is 15.9 Å². The van der Waals surface area contributed by atoms with E-state index in [2.05, 4.69) is 30.9 Å². The summed E-state index contributed by atoms with van der Waals surface area (Å²) in [4.78, 5) is 13.1. The van der Waals surface area contributed by atoms with E-state index in [0.29, 0.717) is 12.3 Å². The van der Waals surface area contributed by atoms with E-state index in [1.165, 1.54) is 0 Å². The first-order valence-electron chi connectivity index (χ1n) is 4.99. The Morgan fingerprint density at radius 3 is 2.94 bits per heavy atom. The molecule has 0 spiro atoms. The number of halogens is 1. The maximum atomic E-state index is 5.06. The summed E-state index contributed by atoms with van der Waals surface area (Å²) in [6, 6.07) is 3.91. The van der Waals surface area contributed by atoms with E-state index in [4.69, 9.17) is 4.74 Å². The quantitative estimate of drug-likeness (QED) is 0.804. The highest BCUT2D eigenvalue weighted by Gasteiger charge is 2.07. The summed E-state index contributed by atoms with van der Waals surface area (Å²) in [7, 11) is 1.69. The zero-order valence-corrected chi connectivity index (χ0v) is 10.5. The number of fused-ring (bicyclic) bond motifs is 1. The molecule has 0 bridgehead atoms. The van der Waals surface area contributed by atoms with Crippen LogP contribution in [0.2, 0.25) is 0 Å². The predicted molar refractivity (Wildman–Crippen MR) is 65.6 cm³/mol. The number of rotatable bonds is 4. The lowest BCUT2D eigenvalue weighted by molar-refractivity contribution is 0.200. The van der Waals surface area contributed by atoms with Gasteiger partial charge in [-0.15, -0.1) is 0 Å². The van der Waals surface area contributed by atoms with Crippen molar-refractivity contribution in [3.63, 3.8) is 0 Å². The number of alkyl halides is 1. The number of nitrogens with zero attached hydrogens (tertiary/aromatic N) is 3. The first kappa shape index (κ1) is 11.4. The van der Waals surface area contributed by atoms with Crippen LogP contribution in [0, 0.1) is 0 Å². The summed E-state index contributed by atoms with van der Waals surface area (Å²) in [5.41, 5.74) is 2.51. The van der Waals surface area contributed by atoms with Gasteiger partial charge < -0.3 is 4.74 Å². The van der Waals surface area contributed by atoms with E-state index < -0.39 is 0 Å². The van der Waals surface area contributed by atoms with Gasteiger partial charge in [-0.05, 0) is 12.1 Å². The van der Waals surface area contributed by atoms with Crippen LogP contribution in [0.5, 0.6) is 0 Å². The molecule has 0 aliphatic heterocycles. The van der Waals surface area contributed by atoms with Gasteiger partial charge in [-0.1, -0.05) is 15.9 Å². The van der Waals surface area contributed by atoms with Crippen LogP contribution in [0.25, 0.3) is 11.2 Å². The molecule has 0 radical (unpaired) electrons. The van der Waals surface area contributed by atoms with E-state index in [9.17, 15) is 0 Å². The lowest BCUT2D eigenvalue weighted by Crippen LogP contribution is -2.11. The molecular formula is C11H12BrN3O. The molecule has 4 nitrogen and oxygen atoms in total. The normalized spacial score (nSPS) is 12.9. The Bertz CT molecular complexity index is 477. The molecule has 0 aromatic carbocycles. The Labute approximate surface area is 102 Å². The standard InChI is InChI=1S/C11H12BrN3O/c1-16-7-8(12)6-9-2-3-10-11(15-9)14-5-4-13-10/h2-5,8H,6-7H2,1H3. The molecule has 5 heteroatoms. The van der Waals surface area contributed by atoms with E-state index >= 15 is 0 Å². The van der Waals surface area contributed by atoms with Crippen molar-refractivity contribution in [3.8, 4) is 0 Å². The van der Waals surface area contributed by atoms with Gasteiger partial charge in [-0.3, -0.25) is 4.98 Å². The molecule has 0 amide bonds. The van der Waals surface area contributed by atoms with Crippen LogP contribution in [-0.4, -0.2) is 33.5 Å². The largest absolute Gasteiger partial charge is 0.384 e. The van der Waals surface area contributed by atoms with Crippen molar-refractivity contribution < 1.29 is 4.74 Å². The molecule has 0 aliphatic rings. The molecule has 0 aliphatic carbocycles. The SMILES string of the molecule is COCC(Br)Cc1ccc2nccnc2n1. The third kappa shape index (κ3) is 2.74. The van der Waals surface area contributed by atoms with Crippen molar-refractivity contribution >= 4 is 27.1 Å². The van der Waals surface area contributed by atoms with Crippen LogP contribution in [0.1, 0.15) is 5.69 Å². The van der Waals surface area contributed by atoms with Gasteiger partial charge in [0, 0.05) is 36.4 Å². The van der Waals surface area contributed by atoms with Crippen molar-refractivity contribution in [1.29, 1.82) is 0 Å². The average molecular weight is 282 g/mol. The van der Waals surface area contributed by atoms with E-state index in [1.54, 1.807) is 19.5 Å². The molecular weight excluding hydrogens is 270 g/mol. The minimum absolute atomic E-state index is 0.277. The monoisotopic (exact) mass is 281 g/mol. The van der Waals surface area contributed by atoms with Gasteiger partial charge in [0.1, 0.15) is 5.52 Å². The van der Waals surface area contributed by atoms with Crippen molar-refractivity contribution in [1.82, 2.24) is 15.0 Å². The summed E-state index contributed by atoms with van der Waals surface area (Å²) >= 11 is 3.54. The Balaban J connectivity index is 2.19. The maximum absolute atomic E-state index is 5.06. The molecule has 16 heavy (non-hydrogen) atoms. The van der Waals surface area contributed by atoms with Crippen LogP contribution in [0.15, 0.2) is 24.5 Å². The van der Waals surface area contributed by atoms with Crippen molar-refractivity contribution in [2.75, 3.05) is 13.7 Å². The van der Waals surface area contributed by atoms with Gasteiger partial charge in [0.2, 0.25) is 0 Å². The van der Waals surface area contributed by atoms with Gasteiger partial charge in [-0.2, -0.15) is 0 Å². The first-order valence-corrected chi connectivity index (χ1v) is 5.91.